The van der Waals surface area contributed by atoms with E-state index in [0.717, 1.165) is 11.8 Å². The number of rotatable bonds is 3. The van der Waals surface area contributed by atoms with Crippen LogP contribution in [-0.4, -0.2) is 22.7 Å². The molecule has 0 saturated heterocycles. The summed E-state index contributed by atoms with van der Waals surface area (Å²) in [5, 5.41) is 9.18. The van der Waals surface area contributed by atoms with Crippen LogP contribution in [0.2, 0.25) is 5.02 Å². The number of nitrogens with one attached hydrogen (secondary N) is 2. The Morgan fingerprint density at radius 2 is 2.06 bits per heavy atom. The molecular weight excluding hydrogens is 262 g/mol. The van der Waals surface area contributed by atoms with Gasteiger partial charge >= 0.3 is 0 Å². The average Bonchev–Trinajstić information content (AvgIpc) is 2.26. The number of imide groups is 1. The standard InChI is InChI=1S/C10H10ClN3O2S/c11-7-4-2-1-3-6(7)9(16)14-8(15)5-17-10(12)13/h1-4H,5H2,(H3,12,13)(H,14,15,16). The minimum atomic E-state index is -0.565. The van der Waals surface area contributed by atoms with E-state index in [1.807, 2.05) is 0 Å². The predicted octanol–water partition coefficient (Wildman–Crippen LogP) is 1.22. The zero-order valence-corrected chi connectivity index (χ0v) is 10.3. The van der Waals surface area contributed by atoms with Crippen molar-refractivity contribution in [1.82, 2.24) is 5.32 Å². The van der Waals surface area contributed by atoms with Gasteiger partial charge in [0.1, 0.15) is 0 Å². The lowest BCUT2D eigenvalue weighted by molar-refractivity contribution is -0.117. The lowest BCUT2D eigenvalue weighted by atomic mass is 10.2. The van der Waals surface area contributed by atoms with Gasteiger partial charge in [0.15, 0.2) is 5.17 Å². The lowest BCUT2D eigenvalue weighted by Gasteiger charge is -2.04. The van der Waals surface area contributed by atoms with Crippen LogP contribution in [0, 0.1) is 5.41 Å². The van der Waals surface area contributed by atoms with Crippen LogP contribution < -0.4 is 11.1 Å². The maximum Gasteiger partial charge on any atom is 0.259 e. The summed E-state index contributed by atoms with van der Waals surface area (Å²) in [6, 6.07) is 6.41. The molecule has 0 aromatic heterocycles. The van der Waals surface area contributed by atoms with Gasteiger partial charge in [-0.05, 0) is 12.1 Å². The number of amides is 2. The Kier molecular flexibility index (Phi) is 4.99. The van der Waals surface area contributed by atoms with Crippen molar-refractivity contribution >= 4 is 40.3 Å². The normalized spacial score (nSPS) is 9.71. The maximum absolute atomic E-state index is 11.6. The molecule has 17 heavy (non-hydrogen) atoms. The number of thioether (sulfide) groups is 1. The van der Waals surface area contributed by atoms with Crippen molar-refractivity contribution in [3.8, 4) is 0 Å². The summed E-state index contributed by atoms with van der Waals surface area (Å²) < 4.78 is 0. The average molecular weight is 272 g/mol. The molecule has 90 valence electrons. The first-order chi connectivity index (χ1) is 8.00. The van der Waals surface area contributed by atoms with Gasteiger partial charge in [-0.1, -0.05) is 35.5 Å². The molecule has 0 aliphatic heterocycles. The lowest BCUT2D eigenvalue weighted by Crippen LogP contribution is -2.32. The van der Waals surface area contributed by atoms with Gasteiger partial charge in [0.25, 0.3) is 5.91 Å². The molecular formula is C10H10ClN3O2S. The summed E-state index contributed by atoms with van der Waals surface area (Å²) in [4.78, 5) is 22.9. The van der Waals surface area contributed by atoms with Crippen LogP contribution >= 0.6 is 23.4 Å². The molecule has 1 rings (SSSR count). The Balaban J connectivity index is 2.58. The second kappa shape index (κ2) is 6.27. The van der Waals surface area contributed by atoms with E-state index in [1.54, 1.807) is 18.2 Å². The summed E-state index contributed by atoms with van der Waals surface area (Å²) in [5.41, 5.74) is 5.30. The molecule has 7 heteroatoms. The third-order valence-corrected chi connectivity index (χ3v) is 2.78. The molecule has 0 unspecified atom stereocenters. The van der Waals surface area contributed by atoms with Crippen molar-refractivity contribution in [2.45, 2.75) is 0 Å². The zero-order valence-electron chi connectivity index (χ0n) is 8.70. The molecule has 5 nitrogen and oxygen atoms in total. The smallest absolute Gasteiger partial charge is 0.259 e. The molecule has 4 N–H and O–H groups in total. The third kappa shape index (κ3) is 4.46. The highest BCUT2D eigenvalue weighted by Gasteiger charge is 2.13. The first-order valence-corrected chi connectivity index (χ1v) is 5.92. The first kappa shape index (κ1) is 13.5. The molecule has 0 fully saturated rings. The fraction of sp³-hybridized carbons (Fsp3) is 0.100. The van der Waals surface area contributed by atoms with Crippen molar-refractivity contribution < 1.29 is 9.59 Å². The van der Waals surface area contributed by atoms with Gasteiger partial charge < -0.3 is 5.73 Å². The Hall–Kier alpha value is -1.53. The van der Waals surface area contributed by atoms with Crippen molar-refractivity contribution in [3.63, 3.8) is 0 Å². The minimum Gasteiger partial charge on any atom is -0.379 e. The Labute approximate surface area is 107 Å². The predicted molar refractivity (Wildman–Crippen MR) is 68.3 cm³/mol. The fourth-order valence-corrected chi connectivity index (χ4v) is 1.60. The number of carbonyl (C=O) groups is 2. The minimum absolute atomic E-state index is 0.0779. The van der Waals surface area contributed by atoms with Crippen LogP contribution in [0.4, 0.5) is 0 Å². The van der Waals surface area contributed by atoms with Gasteiger partial charge in [-0.15, -0.1) is 0 Å². The largest absolute Gasteiger partial charge is 0.379 e. The Morgan fingerprint density at radius 3 is 2.65 bits per heavy atom. The number of halogens is 1. The van der Waals surface area contributed by atoms with E-state index in [0.29, 0.717) is 0 Å². The van der Waals surface area contributed by atoms with Crippen molar-refractivity contribution in [3.05, 3.63) is 34.9 Å². The molecule has 0 atom stereocenters. The SMILES string of the molecule is N=C(N)SCC(=O)NC(=O)c1ccccc1Cl. The second-order valence-corrected chi connectivity index (χ2v) is 4.43. The summed E-state index contributed by atoms with van der Waals surface area (Å²) >= 11 is 6.64. The Bertz CT molecular complexity index is 465. The molecule has 0 bridgehead atoms. The molecule has 2 amide bonds. The maximum atomic E-state index is 11.6. The molecule has 0 aliphatic rings. The van der Waals surface area contributed by atoms with E-state index < -0.39 is 11.8 Å². The number of benzene rings is 1. The monoisotopic (exact) mass is 271 g/mol. The Morgan fingerprint density at radius 1 is 1.41 bits per heavy atom. The first-order valence-electron chi connectivity index (χ1n) is 4.56. The zero-order chi connectivity index (χ0) is 12.8. The van der Waals surface area contributed by atoms with Gasteiger partial charge in [0.05, 0.1) is 16.3 Å². The van der Waals surface area contributed by atoms with Crippen LogP contribution in [0.1, 0.15) is 10.4 Å². The summed E-state index contributed by atoms with van der Waals surface area (Å²) in [6.07, 6.45) is 0. The van der Waals surface area contributed by atoms with E-state index in [-0.39, 0.29) is 21.5 Å². The van der Waals surface area contributed by atoms with Gasteiger partial charge in [0.2, 0.25) is 5.91 Å². The van der Waals surface area contributed by atoms with E-state index in [4.69, 9.17) is 22.7 Å². The number of nitrogens with two attached hydrogens (primary N) is 1. The van der Waals surface area contributed by atoms with Crippen LogP contribution in [0.5, 0.6) is 0 Å². The highest BCUT2D eigenvalue weighted by atomic mass is 35.5. The van der Waals surface area contributed by atoms with Crippen molar-refractivity contribution in [1.29, 1.82) is 5.41 Å². The fourth-order valence-electron chi connectivity index (χ4n) is 1.02. The van der Waals surface area contributed by atoms with Crippen LogP contribution in [0.3, 0.4) is 0 Å². The summed E-state index contributed by atoms with van der Waals surface area (Å²) in [6.45, 7) is 0. The topological polar surface area (TPSA) is 96.0 Å². The number of amidine groups is 1. The van der Waals surface area contributed by atoms with Crippen molar-refractivity contribution in [2.24, 2.45) is 5.73 Å². The molecule has 0 radical (unpaired) electrons. The second-order valence-electron chi connectivity index (χ2n) is 3.01. The van der Waals surface area contributed by atoms with Crippen LogP contribution in [0.15, 0.2) is 24.3 Å². The van der Waals surface area contributed by atoms with Gasteiger partial charge in [-0.2, -0.15) is 0 Å². The van der Waals surface area contributed by atoms with E-state index in [1.165, 1.54) is 6.07 Å². The van der Waals surface area contributed by atoms with Crippen molar-refractivity contribution in [2.75, 3.05) is 5.75 Å². The van der Waals surface area contributed by atoms with E-state index in [9.17, 15) is 9.59 Å². The van der Waals surface area contributed by atoms with Gasteiger partial charge in [-0.25, -0.2) is 0 Å². The molecule has 1 aromatic rings. The number of hydrogen-bond acceptors (Lipinski definition) is 4. The summed E-state index contributed by atoms with van der Waals surface area (Å²) in [7, 11) is 0. The quantitative estimate of drug-likeness (QED) is 0.569. The molecule has 0 saturated carbocycles. The van der Waals surface area contributed by atoms with Gasteiger partial charge in [-0.3, -0.25) is 20.3 Å². The summed E-state index contributed by atoms with van der Waals surface area (Å²) in [5.74, 6) is -1.16. The third-order valence-electron chi connectivity index (χ3n) is 1.73. The number of hydrogen-bond donors (Lipinski definition) is 3. The highest BCUT2D eigenvalue weighted by molar-refractivity contribution is 8.14. The van der Waals surface area contributed by atoms with Crippen LogP contribution in [-0.2, 0) is 4.79 Å². The molecule has 1 aromatic carbocycles. The van der Waals surface area contributed by atoms with Gasteiger partial charge in [0, 0.05) is 0 Å². The van der Waals surface area contributed by atoms with E-state index >= 15 is 0 Å². The highest BCUT2D eigenvalue weighted by Crippen LogP contribution is 2.14. The van der Waals surface area contributed by atoms with Crippen LogP contribution in [0.25, 0.3) is 0 Å². The molecule has 0 heterocycles. The molecule has 0 spiro atoms. The molecule has 0 aliphatic carbocycles. The number of carbonyl (C=O) groups excluding carboxylic acids is 2. The van der Waals surface area contributed by atoms with E-state index in [2.05, 4.69) is 5.32 Å².